The number of esters is 1. The Kier molecular flexibility index (Phi) is 9.27. The molecule has 2 aromatic rings. The van der Waals surface area contributed by atoms with Gasteiger partial charge in [-0.15, -0.1) is 0 Å². The fraction of sp³-hybridized carbons (Fsp3) is 0.462. The molecular weight excluding hydrogens is 404 g/mol. The Hall–Kier alpha value is -2.86. The van der Waals surface area contributed by atoms with Gasteiger partial charge in [0, 0.05) is 17.6 Å². The average Bonchev–Trinajstić information content (AvgIpc) is 2.73. The summed E-state index contributed by atoms with van der Waals surface area (Å²) in [5, 5.41) is 2.93. The van der Waals surface area contributed by atoms with E-state index in [4.69, 9.17) is 9.47 Å². The number of nitrogens with one attached hydrogen (secondary N) is 1. The first-order valence-corrected chi connectivity index (χ1v) is 11.0. The van der Waals surface area contributed by atoms with Crippen molar-refractivity contribution in [2.24, 2.45) is 5.41 Å². The molecule has 0 spiro atoms. The third kappa shape index (κ3) is 8.00. The largest absolute Gasteiger partial charge is 0.493 e. The fourth-order valence-corrected chi connectivity index (χ4v) is 3.10. The quantitative estimate of drug-likeness (QED) is 0.400. The zero-order valence-corrected chi connectivity index (χ0v) is 20.2. The van der Waals surface area contributed by atoms with Crippen molar-refractivity contribution in [3.8, 4) is 5.75 Å². The third-order valence-electron chi connectivity index (χ3n) is 5.29. The van der Waals surface area contributed by atoms with E-state index in [0.29, 0.717) is 37.4 Å². The van der Waals surface area contributed by atoms with Crippen molar-refractivity contribution >= 4 is 17.6 Å². The van der Waals surface area contributed by atoms with Gasteiger partial charge in [-0.25, -0.2) is 4.79 Å². The Bertz CT molecular complexity index is 922. The van der Waals surface area contributed by atoms with Gasteiger partial charge in [-0.3, -0.25) is 4.79 Å². The zero-order chi connectivity index (χ0) is 23.7. The molecule has 1 N–H and O–H groups in total. The number of carbonyl (C=O) groups is 2. The number of carbonyl (C=O) groups excluding carboxylic acids is 2. The molecular formula is C26H36N2O4. The van der Waals surface area contributed by atoms with Crippen LogP contribution in [0.3, 0.4) is 0 Å². The maximum Gasteiger partial charge on any atom is 0.338 e. The van der Waals surface area contributed by atoms with Crippen LogP contribution in [0.15, 0.2) is 42.5 Å². The van der Waals surface area contributed by atoms with Gasteiger partial charge in [-0.2, -0.15) is 0 Å². The van der Waals surface area contributed by atoms with Gasteiger partial charge >= 0.3 is 5.97 Å². The van der Waals surface area contributed by atoms with E-state index in [1.54, 1.807) is 24.3 Å². The predicted molar refractivity (Wildman–Crippen MR) is 128 cm³/mol. The maximum absolute atomic E-state index is 12.9. The maximum atomic E-state index is 12.9. The van der Waals surface area contributed by atoms with Gasteiger partial charge < -0.3 is 19.7 Å². The van der Waals surface area contributed by atoms with E-state index in [1.807, 2.05) is 58.8 Å². The summed E-state index contributed by atoms with van der Waals surface area (Å²) < 4.78 is 11.2. The molecule has 0 atom stereocenters. The fourth-order valence-electron chi connectivity index (χ4n) is 3.10. The number of ether oxygens (including phenoxy) is 2. The number of hydrogen-bond acceptors (Lipinski definition) is 5. The molecule has 174 valence electrons. The van der Waals surface area contributed by atoms with E-state index >= 15 is 0 Å². The highest BCUT2D eigenvalue weighted by molar-refractivity contribution is 5.96. The number of amides is 1. The number of likely N-dealkylation sites (N-methyl/N-ethyl adjacent to an activating group) is 1. The zero-order valence-electron chi connectivity index (χ0n) is 20.2. The monoisotopic (exact) mass is 440 g/mol. The summed E-state index contributed by atoms with van der Waals surface area (Å²) in [7, 11) is 3.84. The van der Waals surface area contributed by atoms with Crippen LogP contribution in [0.25, 0.3) is 0 Å². The molecule has 0 fully saturated rings. The molecule has 0 saturated carbocycles. The molecule has 0 heterocycles. The Balaban J connectivity index is 1.86. The minimum absolute atomic E-state index is 0.0950. The Morgan fingerprint density at radius 2 is 1.78 bits per heavy atom. The molecule has 2 aromatic carbocycles. The molecule has 0 unspecified atom stereocenters. The van der Waals surface area contributed by atoms with E-state index in [0.717, 1.165) is 23.3 Å². The summed E-state index contributed by atoms with van der Waals surface area (Å²) in [5.41, 5.74) is 2.69. The third-order valence-corrected chi connectivity index (χ3v) is 5.29. The Morgan fingerprint density at radius 3 is 2.50 bits per heavy atom. The van der Waals surface area contributed by atoms with E-state index in [-0.39, 0.29) is 5.91 Å². The molecule has 0 aliphatic heterocycles. The van der Waals surface area contributed by atoms with Crippen LogP contribution in [0.2, 0.25) is 0 Å². The topological polar surface area (TPSA) is 67.9 Å². The first kappa shape index (κ1) is 25.4. The molecule has 0 radical (unpaired) electrons. The van der Waals surface area contributed by atoms with E-state index in [1.165, 1.54) is 0 Å². The van der Waals surface area contributed by atoms with Crippen molar-refractivity contribution in [2.45, 2.75) is 40.5 Å². The van der Waals surface area contributed by atoms with Crippen LogP contribution in [0, 0.1) is 19.3 Å². The molecule has 0 bridgehead atoms. The summed E-state index contributed by atoms with van der Waals surface area (Å²) >= 11 is 0. The van der Waals surface area contributed by atoms with E-state index < -0.39 is 11.4 Å². The van der Waals surface area contributed by atoms with Gasteiger partial charge in [0.05, 0.1) is 12.2 Å². The van der Waals surface area contributed by atoms with Gasteiger partial charge in [-0.1, -0.05) is 32.0 Å². The number of hydrogen-bond donors (Lipinski definition) is 1. The van der Waals surface area contributed by atoms with Crippen molar-refractivity contribution in [1.82, 2.24) is 4.90 Å². The molecule has 6 nitrogen and oxygen atoms in total. The summed E-state index contributed by atoms with van der Waals surface area (Å²) in [4.78, 5) is 27.0. The highest BCUT2D eigenvalue weighted by Crippen LogP contribution is 2.26. The van der Waals surface area contributed by atoms with Crippen molar-refractivity contribution in [2.75, 3.05) is 39.2 Å². The van der Waals surface area contributed by atoms with E-state index in [2.05, 4.69) is 11.4 Å². The van der Waals surface area contributed by atoms with Crippen molar-refractivity contribution in [1.29, 1.82) is 0 Å². The first-order chi connectivity index (χ1) is 15.1. The first-order valence-electron chi connectivity index (χ1n) is 11.0. The Morgan fingerprint density at radius 1 is 1.03 bits per heavy atom. The average molecular weight is 441 g/mol. The van der Waals surface area contributed by atoms with Crippen molar-refractivity contribution in [3.05, 3.63) is 59.2 Å². The number of nitrogens with zero attached hydrogens (tertiary/aromatic N) is 1. The predicted octanol–water partition coefficient (Wildman–Crippen LogP) is 4.85. The molecule has 0 saturated heterocycles. The second-order valence-electron chi connectivity index (χ2n) is 9.08. The lowest BCUT2D eigenvalue weighted by Gasteiger charge is -2.24. The highest BCUT2D eigenvalue weighted by atomic mass is 16.5. The lowest BCUT2D eigenvalue weighted by molar-refractivity contribution is -0.124. The standard InChI is InChI=1S/C26H36N2O4/c1-19-11-12-20(2)23(17-19)31-15-8-13-26(3,4)25(30)27-22-10-7-9-21(18-22)24(29)32-16-14-28(5)6/h7,9-12,17-18H,8,13-16H2,1-6H3,(H,27,30). The summed E-state index contributed by atoms with van der Waals surface area (Å²) in [5.74, 6) is 0.398. The highest BCUT2D eigenvalue weighted by Gasteiger charge is 2.27. The lowest BCUT2D eigenvalue weighted by Crippen LogP contribution is -2.31. The van der Waals surface area contributed by atoms with Crippen LogP contribution in [0.4, 0.5) is 5.69 Å². The van der Waals surface area contributed by atoms with Crippen molar-refractivity contribution in [3.63, 3.8) is 0 Å². The van der Waals surface area contributed by atoms with Crippen LogP contribution in [-0.2, 0) is 9.53 Å². The molecule has 6 heteroatoms. The van der Waals surface area contributed by atoms with Gasteiger partial charge in [0.1, 0.15) is 12.4 Å². The second kappa shape index (κ2) is 11.7. The van der Waals surface area contributed by atoms with Gasteiger partial charge in [-0.05, 0) is 76.2 Å². The SMILES string of the molecule is Cc1ccc(C)c(OCCCC(C)(C)C(=O)Nc2cccc(C(=O)OCCN(C)C)c2)c1. The number of aryl methyl sites for hydroxylation is 2. The van der Waals surface area contributed by atoms with Crippen molar-refractivity contribution < 1.29 is 19.1 Å². The van der Waals surface area contributed by atoms with Crippen LogP contribution in [-0.4, -0.2) is 50.6 Å². The smallest absolute Gasteiger partial charge is 0.338 e. The Labute approximate surface area is 191 Å². The number of rotatable bonds is 11. The molecule has 0 aliphatic carbocycles. The van der Waals surface area contributed by atoms with Crippen LogP contribution in [0.5, 0.6) is 5.75 Å². The molecule has 2 rings (SSSR count). The van der Waals surface area contributed by atoms with Crippen LogP contribution < -0.4 is 10.1 Å². The normalized spacial score (nSPS) is 11.3. The number of benzene rings is 2. The number of anilines is 1. The van der Waals surface area contributed by atoms with Crippen LogP contribution >= 0.6 is 0 Å². The molecule has 1 amide bonds. The summed E-state index contributed by atoms with van der Waals surface area (Å²) in [6.45, 7) is 9.42. The minimum atomic E-state index is -0.576. The van der Waals surface area contributed by atoms with Gasteiger partial charge in [0.25, 0.3) is 0 Å². The molecule has 0 aliphatic rings. The van der Waals surface area contributed by atoms with Gasteiger partial charge in [0.15, 0.2) is 0 Å². The second-order valence-corrected chi connectivity index (χ2v) is 9.08. The minimum Gasteiger partial charge on any atom is -0.493 e. The van der Waals surface area contributed by atoms with E-state index in [9.17, 15) is 9.59 Å². The molecule has 32 heavy (non-hydrogen) atoms. The van der Waals surface area contributed by atoms with Crippen LogP contribution in [0.1, 0.15) is 48.2 Å². The summed E-state index contributed by atoms with van der Waals surface area (Å²) in [6.07, 6.45) is 1.43. The summed E-state index contributed by atoms with van der Waals surface area (Å²) in [6, 6.07) is 13.0. The lowest BCUT2D eigenvalue weighted by atomic mass is 9.87. The molecule has 0 aromatic heterocycles. The van der Waals surface area contributed by atoms with Gasteiger partial charge in [0.2, 0.25) is 5.91 Å².